The van der Waals surface area contributed by atoms with Crippen molar-refractivity contribution in [3.63, 3.8) is 0 Å². The summed E-state index contributed by atoms with van der Waals surface area (Å²) in [6, 6.07) is 5.82. The molecule has 0 aliphatic heterocycles. The summed E-state index contributed by atoms with van der Waals surface area (Å²) in [5.74, 6) is 0.254. The Bertz CT molecular complexity index is 817. The van der Waals surface area contributed by atoms with Gasteiger partial charge in [0.25, 0.3) is 5.56 Å². The van der Waals surface area contributed by atoms with E-state index in [9.17, 15) is 9.18 Å². The van der Waals surface area contributed by atoms with Crippen molar-refractivity contribution in [1.29, 1.82) is 0 Å². The van der Waals surface area contributed by atoms with Crippen molar-refractivity contribution < 1.29 is 4.39 Å². The summed E-state index contributed by atoms with van der Waals surface area (Å²) in [4.78, 5) is 19.1. The molecule has 2 aromatic heterocycles. The molecule has 0 amide bonds. The first-order chi connectivity index (χ1) is 9.56. The number of benzene rings is 1. The van der Waals surface area contributed by atoms with Crippen LogP contribution in [0.3, 0.4) is 0 Å². The van der Waals surface area contributed by atoms with E-state index in [1.165, 1.54) is 12.1 Å². The molecule has 102 valence electrons. The Balaban J connectivity index is 2.25. The molecular weight excluding hydrogens is 259 g/mol. The van der Waals surface area contributed by atoms with Crippen molar-refractivity contribution in [2.75, 3.05) is 0 Å². The highest BCUT2D eigenvalue weighted by molar-refractivity contribution is 5.78. The number of aromatic nitrogens is 4. The van der Waals surface area contributed by atoms with E-state index < -0.39 is 0 Å². The van der Waals surface area contributed by atoms with Gasteiger partial charge in [-0.05, 0) is 30.2 Å². The lowest BCUT2D eigenvalue weighted by Gasteiger charge is -2.03. The second-order valence-corrected chi connectivity index (χ2v) is 4.91. The van der Waals surface area contributed by atoms with Gasteiger partial charge in [0, 0.05) is 5.56 Å². The standard InChI is InChI=1S/C14H13FN4O/c1-7(2)10-11-12(19-18-10)14(20)17-13(16-11)8-3-5-9(15)6-4-8/h3-7H,1-2H3,(H,18,19)(H,16,17,20). The Kier molecular flexibility index (Phi) is 2.85. The maximum atomic E-state index is 12.9. The van der Waals surface area contributed by atoms with Crippen LogP contribution in [0.25, 0.3) is 22.4 Å². The molecule has 0 spiro atoms. The number of H-pyrrole nitrogens is 2. The SMILES string of the molecule is CC(C)c1[nH]nc2c(=O)[nH]c(-c3ccc(F)cc3)nc12. The van der Waals surface area contributed by atoms with E-state index in [0.29, 0.717) is 22.4 Å². The number of halogens is 1. The summed E-state index contributed by atoms with van der Waals surface area (Å²) >= 11 is 0. The van der Waals surface area contributed by atoms with E-state index in [1.54, 1.807) is 12.1 Å². The van der Waals surface area contributed by atoms with Gasteiger partial charge in [-0.15, -0.1) is 0 Å². The van der Waals surface area contributed by atoms with Gasteiger partial charge in [0.1, 0.15) is 17.2 Å². The maximum Gasteiger partial charge on any atom is 0.279 e. The second kappa shape index (κ2) is 4.56. The fourth-order valence-electron chi connectivity index (χ4n) is 2.07. The topological polar surface area (TPSA) is 74.4 Å². The van der Waals surface area contributed by atoms with Crippen LogP contribution in [-0.2, 0) is 0 Å². The molecule has 1 aromatic carbocycles. The van der Waals surface area contributed by atoms with Gasteiger partial charge in [-0.1, -0.05) is 13.8 Å². The van der Waals surface area contributed by atoms with Crippen molar-refractivity contribution in [1.82, 2.24) is 20.2 Å². The smallest absolute Gasteiger partial charge is 0.279 e. The first-order valence-electron chi connectivity index (χ1n) is 6.30. The third-order valence-electron chi connectivity index (χ3n) is 3.13. The monoisotopic (exact) mass is 272 g/mol. The molecule has 0 bridgehead atoms. The molecule has 0 fully saturated rings. The summed E-state index contributed by atoms with van der Waals surface area (Å²) in [6.45, 7) is 3.99. The van der Waals surface area contributed by atoms with Crippen molar-refractivity contribution in [3.8, 4) is 11.4 Å². The number of hydrogen-bond acceptors (Lipinski definition) is 3. The van der Waals surface area contributed by atoms with E-state index in [1.807, 2.05) is 13.8 Å². The van der Waals surface area contributed by atoms with E-state index in [0.717, 1.165) is 5.69 Å². The minimum Gasteiger partial charge on any atom is -0.305 e. The molecule has 0 saturated carbocycles. The maximum absolute atomic E-state index is 12.9. The molecule has 2 heterocycles. The van der Waals surface area contributed by atoms with Gasteiger partial charge in [0.2, 0.25) is 0 Å². The highest BCUT2D eigenvalue weighted by Gasteiger charge is 2.15. The Labute approximate surface area is 113 Å². The lowest BCUT2D eigenvalue weighted by atomic mass is 10.1. The molecular formula is C14H13FN4O. The molecule has 6 heteroatoms. The minimum atomic E-state index is -0.330. The number of fused-ring (bicyclic) bond motifs is 1. The molecule has 3 rings (SSSR count). The predicted molar refractivity (Wildman–Crippen MR) is 74.0 cm³/mol. The molecule has 0 saturated heterocycles. The van der Waals surface area contributed by atoms with Gasteiger partial charge < -0.3 is 4.98 Å². The van der Waals surface area contributed by atoms with Gasteiger partial charge in [-0.25, -0.2) is 9.37 Å². The number of hydrogen-bond donors (Lipinski definition) is 2. The molecule has 0 radical (unpaired) electrons. The number of nitrogens with zero attached hydrogens (tertiary/aromatic N) is 2. The van der Waals surface area contributed by atoms with E-state index in [-0.39, 0.29) is 17.3 Å². The summed E-state index contributed by atoms with van der Waals surface area (Å²) in [5.41, 5.74) is 2.01. The molecule has 20 heavy (non-hydrogen) atoms. The van der Waals surface area contributed by atoms with Crippen LogP contribution in [0.2, 0.25) is 0 Å². The molecule has 0 atom stereocenters. The molecule has 5 nitrogen and oxygen atoms in total. The number of aromatic amines is 2. The van der Waals surface area contributed by atoms with Crippen LogP contribution in [0.15, 0.2) is 29.1 Å². The lowest BCUT2D eigenvalue weighted by molar-refractivity contribution is 0.628. The van der Waals surface area contributed by atoms with Crippen LogP contribution in [0.4, 0.5) is 4.39 Å². The van der Waals surface area contributed by atoms with Crippen molar-refractivity contribution in [3.05, 3.63) is 46.1 Å². The van der Waals surface area contributed by atoms with Gasteiger partial charge in [-0.2, -0.15) is 5.10 Å². The van der Waals surface area contributed by atoms with Gasteiger partial charge in [-0.3, -0.25) is 9.89 Å². The average molecular weight is 272 g/mol. The van der Waals surface area contributed by atoms with Crippen LogP contribution in [0.1, 0.15) is 25.5 Å². The van der Waals surface area contributed by atoms with Crippen molar-refractivity contribution in [2.45, 2.75) is 19.8 Å². The highest BCUT2D eigenvalue weighted by atomic mass is 19.1. The minimum absolute atomic E-state index is 0.176. The Morgan fingerprint density at radius 3 is 2.50 bits per heavy atom. The Morgan fingerprint density at radius 2 is 1.85 bits per heavy atom. The zero-order valence-corrected chi connectivity index (χ0v) is 11.1. The second-order valence-electron chi connectivity index (χ2n) is 4.91. The third-order valence-corrected chi connectivity index (χ3v) is 3.13. The van der Waals surface area contributed by atoms with Gasteiger partial charge in [0.15, 0.2) is 5.52 Å². The van der Waals surface area contributed by atoms with E-state index in [2.05, 4.69) is 20.2 Å². The zero-order chi connectivity index (χ0) is 14.3. The van der Waals surface area contributed by atoms with Gasteiger partial charge in [0.05, 0.1) is 5.69 Å². The van der Waals surface area contributed by atoms with Crippen LogP contribution in [0, 0.1) is 5.82 Å². The molecule has 2 N–H and O–H groups in total. The first-order valence-corrected chi connectivity index (χ1v) is 6.30. The summed E-state index contributed by atoms with van der Waals surface area (Å²) in [5, 5.41) is 6.85. The largest absolute Gasteiger partial charge is 0.305 e. The van der Waals surface area contributed by atoms with E-state index >= 15 is 0 Å². The zero-order valence-electron chi connectivity index (χ0n) is 11.1. The lowest BCUT2D eigenvalue weighted by Crippen LogP contribution is -2.09. The number of nitrogens with one attached hydrogen (secondary N) is 2. The fraction of sp³-hybridized carbons (Fsp3) is 0.214. The quantitative estimate of drug-likeness (QED) is 0.753. The van der Waals surface area contributed by atoms with E-state index in [4.69, 9.17) is 0 Å². The van der Waals surface area contributed by atoms with Gasteiger partial charge >= 0.3 is 0 Å². The summed E-state index contributed by atoms with van der Waals surface area (Å²) < 4.78 is 12.9. The molecule has 0 aliphatic carbocycles. The van der Waals surface area contributed by atoms with Crippen molar-refractivity contribution in [2.24, 2.45) is 0 Å². The molecule has 0 aliphatic rings. The molecule has 3 aromatic rings. The normalized spacial score (nSPS) is 11.4. The number of rotatable bonds is 2. The predicted octanol–water partition coefficient (Wildman–Crippen LogP) is 2.58. The van der Waals surface area contributed by atoms with Crippen LogP contribution < -0.4 is 5.56 Å². The van der Waals surface area contributed by atoms with Crippen LogP contribution in [-0.4, -0.2) is 20.2 Å². The Morgan fingerprint density at radius 1 is 1.15 bits per heavy atom. The van der Waals surface area contributed by atoms with Crippen LogP contribution >= 0.6 is 0 Å². The fourth-order valence-corrected chi connectivity index (χ4v) is 2.07. The highest BCUT2D eigenvalue weighted by Crippen LogP contribution is 2.21. The summed E-state index contributed by atoms with van der Waals surface area (Å²) in [7, 11) is 0. The van der Waals surface area contributed by atoms with Crippen LogP contribution in [0.5, 0.6) is 0 Å². The first kappa shape index (κ1) is 12.5. The van der Waals surface area contributed by atoms with Crippen molar-refractivity contribution >= 4 is 11.0 Å². The molecule has 0 unspecified atom stereocenters. The third kappa shape index (κ3) is 1.99. The Hall–Kier alpha value is -2.50. The summed E-state index contributed by atoms with van der Waals surface area (Å²) in [6.07, 6.45) is 0. The average Bonchev–Trinajstić information content (AvgIpc) is 2.84.